The van der Waals surface area contributed by atoms with Crippen molar-refractivity contribution in [3.63, 3.8) is 0 Å². The van der Waals surface area contributed by atoms with Crippen LogP contribution in [0.2, 0.25) is 0 Å². The van der Waals surface area contributed by atoms with E-state index in [1.54, 1.807) is 23.5 Å². The molecule has 5 heteroatoms. The maximum absolute atomic E-state index is 12.7. The predicted octanol–water partition coefficient (Wildman–Crippen LogP) is 4.03. The molecule has 0 bridgehead atoms. The molecule has 0 saturated carbocycles. The molecule has 1 aliphatic rings. The predicted molar refractivity (Wildman–Crippen MR) is 99.1 cm³/mol. The number of carbonyl (C=O) groups excluding carboxylic acids is 1. The number of thiophene rings is 1. The van der Waals surface area contributed by atoms with Gasteiger partial charge in [0.1, 0.15) is 0 Å². The van der Waals surface area contributed by atoms with Crippen molar-refractivity contribution >= 4 is 23.2 Å². The van der Waals surface area contributed by atoms with Gasteiger partial charge in [0, 0.05) is 18.0 Å². The van der Waals surface area contributed by atoms with Crippen LogP contribution in [0.1, 0.15) is 46.5 Å². The summed E-state index contributed by atoms with van der Waals surface area (Å²) in [6, 6.07) is 11.2. The van der Waals surface area contributed by atoms with Crippen LogP contribution in [0.15, 0.2) is 41.8 Å². The lowest BCUT2D eigenvalue weighted by Gasteiger charge is -2.33. The molecule has 2 aromatic rings. The smallest absolute Gasteiger partial charge is 0.335 e. The number of amides is 1. The molecule has 4 nitrogen and oxygen atoms in total. The summed E-state index contributed by atoms with van der Waals surface area (Å²) in [6.07, 6.45) is 2.62. The zero-order chi connectivity index (χ0) is 17.8. The Morgan fingerprint density at radius 3 is 2.56 bits per heavy atom. The Hall–Kier alpha value is -2.14. The van der Waals surface area contributed by atoms with E-state index in [1.165, 1.54) is 0 Å². The van der Waals surface area contributed by atoms with Gasteiger partial charge in [-0.25, -0.2) is 4.79 Å². The van der Waals surface area contributed by atoms with E-state index < -0.39 is 5.97 Å². The lowest BCUT2D eigenvalue weighted by molar-refractivity contribution is -0.133. The quantitative estimate of drug-likeness (QED) is 0.879. The fourth-order valence-electron chi connectivity index (χ4n) is 3.51. The molecule has 1 aromatic heterocycles. The third-order valence-electron chi connectivity index (χ3n) is 5.02. The van der Waals surface area contributed by atoms with Crippen LogP contribution >= 0.6 is 11.3 Å². The van der Waals surface area contributed by atoms with Crippen molar-refractivity contribution in [2.24, 2.45) is 5.92 Å². The normalized spacial score (nSPS) is 16.6. The van der Waals surface area contributed by atoms with Gasteiger partial charge in [-0.1, -0.05) is 24.3 Å². The minimum absolute atomic E-state index is 0.0794. The van der Waals surface area contributed by atoms with Crippen molar-refractivity contribution in [1.29, 1.82) is 0 Å². The molecule has 1 atom stereocenters. The van der Waals surface area contributed by atoms with Crippen LogP contribution in [0, 0.1) is 5.92 Å². The number of hydrogen-bond acceptors (Lipinski definition) is 3. The highest BCUT2D eigenvalue weighted by molar-refractivity contribution is 7.10. The maximum Gasteiger partial charge on any atom is 0.335 e. The molecule has 1 N–H and O–H groups in total. The average molecular weight is 357 g/mol. The molecule has 1 amide bonds. The first kappa shape index (κ1) is 17.7. The molecule has 132 valence electrons. The summed E-state index contributed by atoms with van der Waals surface area (Å²) in [7, 11) is 0. The number of rotatable bonds is 5. The van der Waals surface area contributed by atoms with E-state index in [0.717, 1.165) is 42.8 Å². The number of benzene rings is 1. The highest BCUT2D eigenvalue weighted by Crippen LogP contribution is 2.27. The Balaban J connectivity index is 1.57. The number of carbonyl (C=O) groups is 2. The van der Waals surface area contributed by atoms with Gasteiger partial charge in [0.2, 0.25) is 5.91 Å². The van der Waals surface area contributed by atoms with Crippen molar-refractivity contribution in [1.82, 2.24) is 4.90 Å². The van der Waals surface area contributed by atoms with Crippen LogP contribution in [0.5, 0.6) is 0 Å². The Bertz CT molecular complexity index is 733. The molecule has 0 aliphatic carbocycles. The van der Waals surface area contributed by atoms with Crippen LogP contribution in [0.25, 0.3) is 0 Å². The summed E-state index contributed by atoms with van der Waals surface area (Å²) in [5, 5.41) is 11.3. The number of carboxylic acid groups (broad SMARTS) is 1. The number of carboxylic acids is 1. The number of nitrogens with zero attached hydrogens (tertiary/aromatic N) is 1. The third-order valence-corrected chi connectivity index (χ3v) is 6.08. The van der Waals surface area contributed by atoms with Gasteiger partial charge in [-0.05, 0) is 55.2 Å². The fraction of sp³-hybridized carbons (Fsp3) is 0.400. The first-order valence-corrected chi connectivity index (χ1v) is 9.57. The lowest BCUT2D eigenvalue weighted by atomic mass is 9.88. The highest BCUT2D eigenvalue weighted by Gasteiger charge is 2.27. The van der Waals surface area contributed by atoms with Crippen molar-refractivity contribution in [3.8, 4) is 0 Å². The van der Waals surface area contributed by atoms with E-state index in [2.05, 4.69) is 0 Å². The molecule has 1 aromatic carbocycles. The second kappa shape index (κ2) is 7.83. The molecule has 0 spiro atoms. The van der Waals surface area contributed by atoms with Gasteiger partial charge >= 0.3 is 5.97 Å². The first-order chi connectivity index (χ1) is 12.1. The molecule has 3 rings (SSSR count). The van der Waals surface area contributed by atoms with Crippen LogP contribution in [-0.2, 0) is 11.2 Å². The SMILES string of the molecule is CC(C(=O)N1CCC(Cc2ccccc2C(=O)O)CC1)c1cccs1. The number of aromatic carboxylic acids is 1. The Morgan fingerprint density at radius 1 is 1.20 bits per heavy atom. The summed E-state index contributed by atoms with van der Waals surface area (Å²) >= 11 is 1.63. The Labute approximate surface area is 152 Å². The zero-order valence-electron chi connectivity index (χ0n) is 14.4. The second-order valence-electron chi connectivity index (χ2n) is 6.67. The van der Waals surface area contributed by atoms with Crippen LogP contribution < -0.4 is 0 Å². The van der Waals surface area contributed by atoms with Crippen molar-refractivity contribution in [3.05, 3.63) is 57.8 Å². The molecule has 25 heavy (non-hydrogen) atoms. The zero-order valence-corrected chi connectivity index (χ0v) is 15.2. The van der Waals surface area contributed by atoms with E-state index in [9.17, 15) is 14.7 Å². The molecule has 2 heterocycles. The van der Waals surface area contributed by atoms with Crippen LogP contribution in [0.4, 0.5) is 0 Å². The van der Waals surface area contributed by atoms with E-state index in [1.807, 2.05) is 41.5 Å². The van der Waals surface area contributed by atoms with Gasteiger partial charge in [0.05, 0.1) is 11.5 Å². The van der Waals surface area contributed by atoms with E-state index >= 15 is 0 Å². The Morgan fingerprint density at radius 2 is 1.92 bits per heavy atom. The largest absolute Gasteiger partial charge is 0.478 e. The van der Waals surface area contributed by atoms with Crippen molar-refractivity contribution < 1.29 is 14.7 Å². The van der Waals surface area contributed by atoms with Crippen LogP contribution in [0.3, 0.4) is 0 Å². The number of likely N-dealkylation sites (tertiary alicyclic amines) is 1. The number of piperidine rings is 1. The molecule has 0 radical (unpaired) electrons. The topological polar surface area (TPSA) is 57.6 Å². The molecular weight excluding hydrogens is 334 g/mol. The Kier molecular flexibility index (Phi) is 5.53. The highest BCUT2D eigenvalue weighted by atomic mass is 32.1. The monoisotopic (exact) mass is 357 g/mol. The molecule has 1 unspecified atom stereocenters. The fourth-order valence-corrected chi connectivity index (χ4v) is 4.28. The van der Waals surface area contributed by atoms with Gasteiger partial charge in [-0.15, -0.1) is 11.3 Å². The standard InChI is InChI=1S/C20H23NO3S/c1-14(18-7-4-12-25-18)19(22)21-10-8-15(9-11-21)13-16-5-2-3-6-17(16)20(23)24/h2-7,12,14-15H,8-11,13H2,1H3,(H,23,24). The first-order valence-electron chi connectivity index (χ1n) is 8.69. The summed E-state index contributed by atoms with van der Waals surface area (Å²) in [5.74, 6) is -0.314. The summed E-state index contributed by atoms with van der Waals surface area (Å²) in [4.78, 5) is 27.1. The molecule has 1 aliphatic heterocycles. The van der Waals surface area contributed by atoms with E-state index in [0.29, 0.717) is 11.5 Å². The van der Waals surface area contributed by atoms with Gasteiger partial charge < -0.3 is 10.0 Å². The average Bonchev–Trinajstić information content (AvgIpc) is 3.16. The van der Waals surface area contributed by atoms with Gasteiger partial charge in [0.25, 0.3) is 0 Å². The molecule has 1 saturated heterocycles. The van der Waals surface area contributed by atoms with Gasteiger partial charge in [-0.3, -0.25) is 4.79 Å². The minimum atomic E-state index is -0.868. The van der Waals surface area contributed by atoms with Crippen LogP contribution in [-0.4, -0.2) is 35.0 Å². The maximum atomic E-state index is 12.7. The summed E-state index contributed by atoms with van der Waals surface area (Å²) in [5.41, 5.74) is 1.29. The lowest BCUT2D eigenvalue weighted by Crippen LogP contribution is -2.40. The number of hydrogen-bond donors (Lipinski definition) is 1. The van der Waals surface area contributed by atoms with E-state index in [4.69, 9.17) is 0 Å². The van der Waals surface area contributed by atoms with Crippen molar-refractivity contribution in [2.75, 3.05) is 13.1 Å². The second-order valence-corrected chi connectivity index (χ2v) is 7.65. The van der Waals surface area contributed by atoms with Crippen molar-refractivity contribution in [2.45, 2.75) is 32.1 Å². The molecular formula is C20H23NO3S. The third kappa shape index (κ3) is 4.10. The summed E-state index contributed by atoms with van der Waals surface area (Å²) in [6.45, 7) is 3.49. The molecule has 1 fully saturated rings. The van der Waals surface area contributed by atoms with Gasteiger partial charge in [0.15, 0.2) is 0 Å². The van der Waals surface area contributed by atoms with Gasteiger partial charge in [-0.2, -0.15) is 0 Å². The van der Waals surface area contributed by atoms with E-state index in [-0.39, 0.29) is 11.8 Å². The summed E-state index contributed by atoms with van der Waals surface area (Å²) < 4.78 is 0. The minimum Gasteiger partial charge on any atom is -0.478 e.